The van der Waals surface area contributed by atoms with Crippen LogP contribution in [0.3, 0.4) is 0 Å². The van der Waals surface area contributed by atoms with Gasteiger partial charge in [0, 0.05) is 19.6 Å². The van der Waals surface area contributed by atoms with Gasteiger partial charge in [0.2, 0.25) is 5.91 Å². The molecule has 59 heavy (non-hydrogen) atoms. The number of aliphatic hydroxyl groups excluding tert-OH is 10. The number of carbonyl (C=O) groups excluding carboxylic acids is 2. The standard InChI is InChI=1S/C38H57ClN8O12/c39-29-15-45-30(31(46-29)38(42)59)36(40)44-9-2-1-4-20-5-7-23-13-21(6-8-22(23)12-20)14-24(37(41)58)43-10-3-11-47(16-25(50)32(54)34(56)27(52)18-48)17-26(51)33(55)35(57)28(53)19-49/h5-8,12-13,15,24-28,32-35,43,48-57H,1-4,9-11,14,16-19H2,(H2,40,44)(H2,41,58)(H2,42,59). The molecule has 20 nitrogen and oxygen atoms in total. The van der Waals surface area contributed by atoms with E-state index in [1.807, 2.05) is 30.3 Å². The number of nitrogens with two attached hydrogens (primary N) is 3. The molecule has 0 spiro atoms. The lowest BCUT2D eigenvalue weighted by molar-refractivity contribution is -0.130. The Labute approximate surface area is 345 Å². The second-order valence-corrected chi connectivity index (χ2v) is 14.7. The summed E-state index contributed by atoms with van der Waals surface area (Å²) in [5, 5.41) is 105. The molecule has 0 aliphatic rings. The summed E-state index contributed by atoms with van der Waals surface area (Å²) in [7, 11) is 0. The van der Waals surface area contributed by atoms with Crippen LogP contribution in [0, 0.1) is 0 Å². The van der Waals surface area contributed by atoms with Crippen molar-refractivity contribution in [2.75, 3.05) is 45.9 Å². The first kappa shape index (κ1) is 49.4. The highest BCUT2D eigenvalue weighted by Crippen LogP contribution is 2.21. The van der Waals surface area contributed by atoms with E-state index in [4.69, 9.17) is 39.0 Å². The molecular formula is C38H57ClN8O12. The zero-order valence-corrected chi connectivity index (χ0v) is 33.2. The first-order valence-corrected chi connectivity index (χ1v) is 19.4. The number of aryl methyl sites for hydroxylation is 1. The minimum absolute atomic E-state index is 0.0104. The summed E-state index contributed by atoms with van der Waals surface area (Å²) in [6.07, 6.45) is -10.5. The molecule has 0 radical (unpaired) electrons. The maximum Gasteiger partial charge on any atom is 0.269 e. The Hall–Kier alpha value is -4.00. The molecule has 328 valence electrons. The molecule has 3 aromatic rings. The quantitative estimate of drug-likeness (QED) is 0.0196. The summed E-state index contributed by atoms with van der Waals surface area (Å²) in [6.45, 7) is -1.94. The van der Waals surface area contributed by atoms with E-state index in [0.29, 0.717) is 13.0 Å². The number of hydrogen-bond donors (Lipinski definition) is 14. The first-order chi connectivity index (χ1) is 28.0. The SMILES string of the molecule is NC(=O)c1nc(Cl)cnc1C(N)=NCCCCc1ccc2cc(CC(NCCCN(CC(O)C(O)C(O)C(O)CO)CC(O)C(O)C(O)C(O)CO)C(N)=O)ccc2c1. The average molecular weight is 853 g/mol. The third-order valence-electron chi connectivity index (χ3n) is 9.71. The number of fused-ring (bicyclic) bond motifs is 1. The summed E-state index contributed by atoms with van der Waals surface area (Å²) >= 11 is 5.81. The Morgan fingerprint density at radius 2 is 1.29 bits per heavy atom. The van der Waals surface area contributed by atoms with E-state index in [1.165, 1.54) is 11.1 Å². The predicted molar refractivity (Wildman–Crippen MR) is 216 cm³/mol. The van der Waals surface area contributed by atoms with Crippen molar-refractivity contribution in [2.45, 2.75) is 87.0 Å². The highest BCUT2D eigenvalue weighted by atomic mass is 35.5. The lowest BCUT2D eigenvalue weighted by Crippen LogP contribution is -2.53. The smallest absolute Gasteiger partial charge is 0.269 e. The van der Waals surface area contributed by atoms with Gasteiger partial charge in [0.1, 0.15) is 53.3 Å². The lowest BCUT2D eigenvalue weighted by Gasteiger charge is -2.33. The van der Waals surface area contributed by atoms with Crippen molar-refractivity contribution in [2.24, 2.45) is 22.2 Å². The van der Waals surface area contributed by atoms with E-state index in [0.717, 1.165) is 34.7 Å². The molecule has 9 unspecified atom stereocenters. The van der Waals surface area contributed by atoms with Gasteiger partial charge in [0.05, 0.1) is 37.7 Å². The van der Waals surface area contributed by atoms with Crippen LogP contribution in [-0.2, 0) is 17.6 Å². The van der Waals surface area contributed by atoms with Crippen molar-refractivity contribution in [1.29, 1.82) is 0 Å². The number of hydrogen-bond acceptors (Lipinski definition) is 17. The average Bonchev–Trinajstić information content (AvgIpc) is 3.22. The van der Waals surface area contributed by atoms with Gasteiger partial charge in [-0.3, -0.25) is 19.5 Å². The van der Waals surface area contributed by atoms with Crippen molar-refractivity contribution in [3.63, 3.8) is 0 Å². The molecule has 3 rings (SSSR count). The van der Waals surface area contributed by atoms with Crippen molar-refractivity contribution >= 4 is 40.0 Å². The predicted octanol–water partition coefficient (Wildman–Crippen LogP) is -4.34. The van der Waals surface area contributed by atoms with Crippen LogP contribution in [0.15, 0.2) is 47.6 Å². The number of nitrogens with one attached hydrogen (secondary N) is 1. The Kier molecular flexibility index (Phi) is 20.3. The molecule has 0 bridgehead atoms. The fourth-order valence-corrected chi connectivity index (χ4v) is 6.42. The molecule has 0 aliphatic carbocycles. The number of primary amides is 2. The number of amides is 2. The summed E-state index contributed by atoms with van der Waals surface area (Å²) < 4.78 is 0. The lowest BCUT2D eigenvalue weighted by atomic mass is 9.98. The zero-order chi connectivity index (χ0) is 43.8. The van der Waals surface area contributed by atoms with Gasteiger partial charge in [-0.1, -0.05) is 48.0 Å². The van der Waals surface area contributed by atoms with Gasteiger partial charge >= 0.3 is 0 Å². The Morgan fingerprint density at radius 3 is 1.83 bits per heavy atom. The van der Waals surface area contributed by atoms with Gasteiger partial charge in [-0.05, 0) is 67.1 Å². The Morgan fingerprint density at radius 1 is 0.746 bits per heavy atom. The normalized spacial score (nSPS) is 16.9. The van der Waals surface area contributed by atoms with Crippen molar-refractivity contribution in [1.82, 2.24) is 20.2 Å². The van der Waals surface area contributed by atoms with Crippen LogP contribution in [0.2, 0.25) is 5.15 Å². The van der Waals surface area contributed by atoms with E-state index in [1.54, 1.807) is 0 Å². The number of rotatable bonds is 27. The van der Waals surface area contributed by atoms with Gasteiger partial charge in [-0.25, -0.2) is 9.97 Å². The number of aliphatic hydroxyl groups is 10. The minimum atomic E-state index is -1.91. The van der Waals surface area contributed by atoms with Crippen molar-refractivity contribution in [3.05, 3.63) is 70.3 Å². The molecule has 0 saturated heterocycles. The molecule has 1 aromatic heterocycles. The summed E-state index contributed by atoms with van der Waals surface area (Å²) in [5.41, 5.74) is 19.0. The van der Waals surface area contributed by atoms with Gasteiger partial charge in [0.15, 0.2) is 5.69 Å². The number of halogens is 1. The molecule has 1 heterocycles. The molecular weight excluding hydrogens is 796 g/mol. The van der Waals surface area contributed by atoms with E-state index in [2.05, 4.69) is 26.3 Å². The largest absolute Gasteiger partial charge is 0.394 e. The van der Waals surface area contributed by atoms with Crippen LogP contribution in [0.25, 0.3) is 10.8 Å². The maximum atomic E-state index is 12.4. The maximum absolute atomic E-state index is 12.4. The van der Waals surface area contributed by atoms with Crippen molar-refractivity contribution < 1.29 is 60.7 Å². The fourth-order valence-electron chi connectivity index (χ4n) is 6.29. The molecule has 0 fully saturated rings. The van der Waals surface area contributed by atoms with E-state index < -0.39 is 93.0 Å². The highest BCUT2D eigenvalue weighted by molar-refractivity contribution is 6.29. The monoisotopic (exact) mass is 852 g/mol. The summed E-state index contributed by atoms with van der Waals surface area (Å²) in [4.78, 5) is 37.7. The summed E-state index contributed by atoms with van der Waals surface area (Å²) in [5.74, 6) is -1.38. The molecule has 21 heteroatoms. The molecule has 17 N–H and O–H groups in total. The molecule has 9 atom stereocenters. The number of carbonyl (C=O) groups is 2. The number of benzene rings is 2. The number of nitrogens with zero attached hydrogens (tertiary/aromatic N) is 4. The number of aliphatic imine (C=N–C) groups is 1. The third kappa shape index (κ3) is 15.2. The van der Waals surface area contributed by atoms with Crippen LogP contribution < -0.4 is 22.5 Å². The number of amidine groups is 1. The summed E-state index contributed by atoms with van der Waals surface area (Å²) in [6, 6.07) is 11.1. The van der Waals surface area contributed by atoms with Crippen LogP contribution in [0.4, 0.5) is 0 Å². The van der Waals surface area contributed by atoms with Gasteiger partial charge in [0.25, 0.3) is 5.91 Å². The van der Waals surface area contributed by atoms with Crippen LogP contribution in [0.5, 0.6) is 0 Å². The Balaban J connectivity index is 1.57. The third-order valence-corrected chi connectivity index (χ3v) is 9.89. The van der Waals surface area contributed by atoms with Crippen LogP contribution in [-0.4, -0.2) is 184 Å². The van der Waals surface area contributed by atoms with Gasteiger partial charge in [-0.15, -0.1) is 0 Å². The Bertz CT molecular complexity index is 1800. The molecule has 0 saturated carbocycles. The highest BCUT2D eigenvalue weighted by Gasteiger charge is 2.34. The van der Waals surface area contributed by atoms with Gasteiger partial charge in [-0.2, -0.15) is 0 Å². The van der Waals surface area contributed by atoms with Crippen LogP contribution in [0.1, 0.15) is 46.6 Å². The van der Waals surface area contributed by atoms with Crippen LogP contribution >= 0.6 is 11.6 Å². The van der Waals surface area contributed by atoms with Gasteiger partial charge < -0.3 is 73.6 Å². The minimum Gasteiger partial charge on any atom is -0.394 e. The fraction of sp³-hybridized carbons (Fsp3) is 0.553. The van der Waals surface area contributed by atoms with E-state index in [-0.39, 0.29) is 48.3 Å². The second kappa shape index (κ2) is 24.3. The van der Waals surface area contributed by atoms with Crippen molar-refractivity contribution in [3.8, 4) is 0 Å². The van der Waals surface area contributed by atoms with E-state index in [9.17, 15) is 50.4 Å². The number of unbranched alkanes of at least 4 members (excludes halogenated alkanes) is 1. The molecule has 2 amide bonds. The topological polar surface area (TPSA) is 368 Å². The van der Waals surface area contributed by atoms with E-state index >= 15 is 0 Å². The second-order valence-electron chi connectivity index (χ2n) is 14.3. The molecule has 2 aromatic carbocycles. The molecule has 0 aliphatic heterocycles. The number of aromatic nitrogens is 2. The first-order valence-electron chi connectivity index (χ1n) is 19.0. The zero-order valence-electron chi connectivity index (χ0n) is 32.4.